The van der Waals surface area contributed by atoms with E-state index in [0.717, 1.165) is 38.8 Å². The summed E-state index contributed by atoms with van der Waals surface area (Å²) in [4.78, 5) is 14.1. The first kappa shape index (κ1) is 14.5. The van der Waals surface area contributed by atoms with Crippen molar-refractivity contribution in [1.29, 1.82) is 0 Å². The lowest BCUT2D eigenvalue weighted by atomic mass is 10.1. The molecule has 20 heavy (non-hydrogen) atoms. The van der Waals surface area contributed by atoms with Crippen LogP contribution in [0.2, 0.25) is 0 Å². The van der Waals surface area contributed by atoms with E-state index in [-0.39, 0.29) is 18.1 Å². The SMILES string of the molecule is O=C(c1ccc(C#CCO)c(F)c1)N1CCCCCC1. The molecule has 1 amide bonds. The predicted molar refractivity (Wildman–Crippen MR) is 74.7 cm³/mol. The molecule has 0 atom stereocenters. The minimum atomic E-state index is -0.522. The predicted octanol–water partition coefficient (Wildman–Crippen LogP) is 2.19. The van der Waals surface area contributed by atoms with Crippen molar-refractivity contribution in [2.24, 2.45) is 0 Å². The second kappa shape index (κ2) is 7.06. The van der Waals surface area contributed by atoms with E-state index in [2.05, 4.69) is 11.8 Å². The van der Waals surface area contributed by atoms with Gasteiger partial charge in [0.25, 0.3) is 5.91 Å². The molecule has 1 saturated heterocycles. The minimum absolute atomic E-state index is 0.118. The number of aliphatic hydroxyl groups excluding tert-OH is 1. The number of rotatable bonds is 1. The van der Waals surface area contributed by atoms with Crippen molar-refractivity contribution in [3.05, 3.63) is 35.1 Å². The van der Waals surface area contributed by atoms with Gasteiger partial charge in [-0.25, -0.2) is 4.39 Å². The highest BCUT2D eigenvalue weighted by atomic mass is 19.1. The van der Waals surface area contributed by atoms with E-state index in [4.69, 9.17) is 5.11 Å². The largest absolute Gasteiger partial charge is 0.384 e. The summed E-state index contributed by atoms with van der Waals surface area (Å²) in [6.07, 6.45) is 4.31. The average molecular weight is 275 g/mol. The minimum Gasteiger partial charge on any atom is -0.384 e. The van der Waals surface area contributed by atoms with Crippen LogP contribution in [0.15, 0.2) is 18.2 Å². The van der Waals surface area contributed by atoms with Gasteiger partial charge in [-0.05, 0) is 31.0 Å². The zero-order chi connectivity index (χ0) is 14.4. The molecule has 1 heterocycles. The third kappa shape index (κ3) is 3.58. The summed E-state index contributed by atoms with van der Waals surface area (Å²) < 4.78 is 13.8. The normalized spacial score (nSPS) is 15.2. The quantitative estimate of drug-likeness (QED) is 0.798. The Bertz CT molecular complexity index is 537. The fourth-order valence-electron chi connectivity index (χ4n) is 2.34. The Labute approximate surface area is 118 Å². The zero-order valence-corrected chi connectivity index (χ0v) is 11.4. The smallest absolute Gasteiger partial charge is 0.253 e. The Morgan fingerprint density at radius 3 is 2.55 bits per heavy atom. The van der Waals surface area contributed by atoms with E-state index in [1.54, 1.807) is 11.0 Å². The van der Waals surface area contributed by atoms with Gasteiger partial charge >= 0.3 is 0 Å². The van der Waals surface area contributed by atoms with Gasteiger partial charge in [-0.3, -0.25) is 4.79 Å². The molecule has 1 N–H and O–H groups in total. The van der Waals surface area contributed by atoms with E-state index in [0.29, 0.717) is 5.56 Å². The Morgan fingerprint density at radius 1 is 1.25 bits per heavy atom. The Kier molecular flexibility index (Phi) is 5.14. The lowest BCUT2D eigenvalue weighted by molar-refractivity contribution is 0.0761. The van der Waals surface area contributed by atoms with Gasteiger partial charge in [-0.2, -0.15) is 0 Å². The monoisotopic (exact) mass is 275 g/mol. The zero-order valence-electron chi connectivity index (χ0n) is 11.4. The van der Waals surface area contributed by atoms with Crippen LogP contribution in [0.1, 0.15) is 41.6 Å². The van der Waals surface area contributed by atoms with Gasteiger partial charge in [0.1, 0.15) is 12.4 Å². The number of benzene rings is 1. The highest BCUT2D eigenvalue weighted by Crippen LogP contribution is 2.15. The second-order valence-electron chi connectivity index (χ2n) is 4.86. The van der Waals surface area contributed by atoms with Gasteiger partial charge in [0.15, 0.2) is 0 Å². The van der Waals surface area contributed by atoms with Gasteiger partial charge in [0.2, 0.25) is 0 Å². The number of hydrogen-bond donors (Lipinski definition) is 1. The number of carbonyl (C=O) groups is 1. The van der Waals surface area contributed by atoms with Gasteiger partial charge in [-0.1, -0.05) is 24.7 Å². The van der Waals surface area contributed by atoms with Crippen molar-refractivity contribution in [2.45, 2.75) is 25.7 Å². The molecule has 4 heteroatoms. The van der Waals surface area contributed by atoms with Crippen LogP contribution < -0.4 is 0 Å². The summed E-state index contributed by atoms with van der Waals surface area (Å²) in [5.74, 6) is 4.27. The molecule has 0 radical (unpaired) electrons. The van der Waals surface area contributed by atoms with Gasteiger partial charge in [-0.15, -0.1) is 0 Å². The van der Waals surface area contributed by atoms with Crippen molar-refractivity contribution in [1.82, 2.24) is 4.90 Å². The molecule has 106 valence electrons. The summed E-state index contributed by atoms with van der Waals surface area (Å²) >= 11 is 0. The maximum atomic E-state index is 13.8. The Hall–Kier alpha value is -1.86. The molecule has 1 aromatic carbocycles. The molecule has 0 spiro atoms. The summed E-state index contributed by atoms with van der Waals surface area (Å²) in [6.45, 7) is 1.17. The van der Waals surface area contributed by atoms with E-state index < -0.39 is 5.82 Å². The summed E-state index contributed by atoms with van der Waals surface area (Å²) in [6, 6.07) is 4.31. The Balaban J connectivity index is 2.15. The first-order valence-electron chi connectivity index (χ1n) is 6.91. The van der Waals surface area contributed by atoms with Crippen LogP contribution in [0.5, 0.6) is 0 Å². The lowest BCUT2D eigenvalue weighted by Crippen LogP contribution is -2.31. The standard InChI is InChI=1S/C16H18FNO2/c17-15-12-14(8-7-13(15)6-5-11-19)16(20)18-9-3-1-2-4-10-18/h7-8,12,19H,1-4,9-11H2. The number of nitrogens with zero attached hydrogens (tertiary/aromatic N) is 1. The van der Waals surface area contributed by atoms with Gasteiger partial charge in [0.05, 0.1) is 5.56 Å². The van der Waals surface area contributed by atoms with Gasteiger partial charge in [0, 0.05) is 18.7 Å². The highest BCUT2D eigenvalue weighted by molar-refractivity contribution is 5.94. The number of hydrogen-bond acceptors (Lipinski definition) is 2. The van der Waals surface area contributed by atoms with Crippen molar-refractivity contribution < 1.29 is 14.3 Å². The number of amides is 1. The number of carbonyl (C=O) groups excluding carboxylic acids is 1. The van der Waals surface area contributed by atoms with Crippen molar-refractivity contribution in [2.75, 3.05) is 19.7 Å². The molecule has 0 unspecified atom stereocenters. The topological polar surface area (TPSA) is 40.5 Å². The highest BCUT2D eigenvalue weighted by Gasteiger charge is 2.18. The molecule has 1 fully saturated rings. The van der Waals surface area contributed by atoms with Crippen LogP contribution in [0.25, 0.3) is 0 Å². The molecule has 0 aliphatic carbocycles. The molecule has 1 aliphatic heterocycles. The van der Waals surface area contributed by atoms with Crippen LogP contribution in [-0.2, 0) is 0 Å². The van der Waals surface area contributed by atoms with E-state index in [9.17, 15) is 9.18 Å². The Morgan fingerprint density at radius 2 is 1.95 bits per heavy atom. The molecule has 1 aliphatic rings. The molecule has 0 bridgehead atoms. The summed E-state index contributed by atoms with van der Waals surface area (Å²) in [5.41, 5.74) is 0.561. The fourth-order valence-corrected chi connectivity index (χ4v) is 2.34. The third-order valence-corrected chi connectivity index (χ3v) is 3.41. The number of aliphatic hydroxyl groups is 1. The van der Waals surface area contributed by atoms with Gasteiger partial charge < -0.3 is 10.0 Å². The van der Waals surface area contributed by atoms with Crippen LogP contribution in [0, 0.1) is 17.7 Å². The van der Waals surface area contributed by atoms with Crippen molar-refractivity contribution >= 4 is 5.91 Å². The molecule has 0 aromatic heterocycles. The molecule has 2 rings (SSSR count). The maximum absolute atomic E-state index is 13.8. The number of likely N-dealkylation sites (tertiary alicyclic amines) is 1. The molecule has 0 saturated carbocycles. The van der Waals surface area contributed by atoms with E-state index in [1.807, 2.05) is 0 Å². The van der Waals surface area contributed by atoms with E-state index >= 15 is 0 Å². The second-order valence-corrected chi connectivity index (χ2v) is 4.86. The molecular weight excluding hydrogens is 257 g/mol. The molecule has 3 nitrogen and oxygen atoms in total. The van der Waals surface area contributed by atoms with Crippen LogP contribution >= 0.6 is 0 Å². The summed E-state index contributed by atoms with van der Waals surface area (Å²) in [7, 11) is 0. The molecule has 1 aromatic rings. The first-order chi connectivity index (χ1) is 9.72. The lowest BCUT2D eigenvalue weighted by Gasteiger charge is -2.20. The summed E-state index contributed by atoms with van der Waals surface area (Å²) in [5, 5.41) is 8.60. The van der Waals surface area contributed by atoms with Crippen molar-refractivity contribution in [3.63, 3.8) is 0 Å². The number of halogens is 1. The van der Waals surface area contributed by atoms with Crippen LogP contribution in [0.3, 0.4) is 0 Å². The fraction of sp³-hybridized carbons (Fsp3) is 0.438. The van der Waals surface area contributed by atoms with Crippen molar-refractivity contribution in [3.8, 4) is 11.8 Å². The molecular formula is C16H18FNO2. The third-order valence-electron chi connectivity index (χ3n) is 3.41. The van der Waals surface area contributed by atoms with Crippen LogP contribution in [0.4, 0.5) is 4.39 Å². The van der Waals surface area contributed by atoms with Crippen LogP contribution in [-0.4, -0.2) is 35.6 Å². The maximum Gasteiger partial charge on any atom is 0.253 e. The first-order valence-corrected chi connectivity index (χ1v) is 6.91. The average Bonchev–Trinajstić information content (AvgIpc) is 2.74. The van der Waals surface area contributed by atoms with E-state index in [1.165, 1.54) is 12.1 Å².